The number of carbonyl (C=O) groups excluding carboxylic acids is 1. The number of rotatable bonds is 8. The number of nitrogens with zero attached hydrogens (tertiary/aromatic N) is 1. The van der Waals surface area contributed by atoms with Crippen LogP contribution in [0.1, 0.15) is 25.3 Å². The van der Waals surface area contributed by atoms with Crippen molar-refractivity contribution in [2.45, 2.75) is 26.3 Å². The molecule has 6 nitrogen and oxygen atoms in total. The summed E-state index contributed by atoms with van der Waals surface area (Å²) in [5, 5.41) is 9.95. The summed E-state index contributed by atoms with van der Waals surface area (Å²) >= 11 is 5.97. The summed E-state index contributed by atoms with van der Waals surface area (Å²) in [6, 6.07) is 5.51. The Labute approximate surface area is 148 Å². The van der Waals surface area contributed by atoms with Gasteiger partial charge in [-0.25, -0.2) is 4.99 Å². The minimum atomic E-state index is 0.157. The zero-order valence-corrected chi connectivity index (χ0v) is 14.9. The van der Waals surface area contributed by atoms with E-state index in [2.05, 4.69) is 20.9 Å². The first-order chi connectivity index (χ1) is 11.6. The summed E-state index contributed by atoms with van der Waals surface area (Å²) in [5.41, 5.74) is 0.959. The molecule has 3 N–H and O–H groups in total. The maximum atomic E-state index is 11.6. The fourth-order valence-corrected chi connectivity index (χ4v) is 2.37. The van der Waals surface area contributed by atoms with Gasteiger partial charge in [-0.3, -0.25) is 4.79 Å². The lowest BCUT2D eigenvalue weighted by Gasteiger charge is -2.12. The van der Waals surface area contributed by atoms with Crippen LogP contribution in [0.2, 0.25) is 5.02 Å². The average molecular weight is 353 g/mol. The number of aliphatic imine (C=N–C) groups is 1. The Balaban J connectivity index is 1.84. The van der Waals surface area contributed by atoms with E-state index in [1.165, 1.54) is 0 Å². The van der Waals surface area contributed by atoms with Crippen LogP contribution in [-0.2, 0) is 11.3 Å². The number of hydrogen-bond acceptors (Lipinski definition) is 3. The molecule has 24 heavy (non-hydrogen) atoms. The minimum Gasteiger partial charge on any atom is -0.496 e. The van der Waals surface area contributed by atoms with Crippen molar-refractivity contribution >= 4 is 23.5 Å². The van der Waals surface area contributed by atoms with Crippen LogP contribution in [0.3, 0.4) is 0 Å². The molecule has 132 valence electrons. The summed E-state index contributed by atoms with van der Waals surface area (Å²) in [6.45, 7) is 4.46. The zero-order valence-electron chi connectivity index (χ0n) is 14.2. The van der Waals surface area contributed by atoms with E-state index >= 15 is 0 Å². The molecule has 2 rings (SSSR count). The second kappa shape index (κ2) is 9.37. The monoisotopic (exact) mass is 352 g/mol. The van der Waals surface area contributed by atoms with Crippen molar-refractivity contribution in [3.05, 3.63) is 28.8 Å². The highest BCUT2D eigenvalue weighted by Gasteiger charge is 2.28. The number of methoxy groups -OCH3 is 1. The Kier molecular flexibility index (Phi) is 7.18. The second-order valence-corrected chi connectivity index (χ2v) is 6.08. The summed E-state index contributed by atoms with van der Waals surface area (Å²) < 4.78 is 5.33. The molecule has 0 atom stereocenters. The first-order valence-corrected chi connectivity index (χ1v) is 8.64. The van der Waals surface area contributed by atoms with Crippen molar-refractivity contribution in [3.8, 4) is 5.75 Å². The fourth-order valence-electron chi connectivity index (χ4n) is 2.21. The fraction of sp³-hybridized carbons (Fsp3) is 0.529. The average Bonchev–Trinajstić information content (AvgIpc) is 3.41. The van der Waals surface area contributed by atoms with Crippen molar-refractivity contribution in [2.24, 2.45) is 10.9 Å². The van der Waals surface area contributed by atoms with Gasteiger partial charge in [-0.2, -0.15) is 0 Å². The largest absolute Gasteiger partial charge is 0.496 e. The number of guanidine groups is 1. The third-order valence-electron chi connectivity index (χ3n) is 3.67. The number of halogens is 1. The highest BCUT2D eigenvalue weighted by molar-refractivity contribution is 6.30. The zero-order chi connectivity index (χ0) is 17.4. The van der Waals surface area contributed by atoms with E-state index in [0.717, 1.165) is 30.7 Å². The Bertz CT molecular complexity index is 588. The third kappa shape index (κ3) is 5.92. The second-order valence-electron chi connectivity index (χ2n) is 5.64. The summed E-state index contributed by atoms with van der Waals surface area (Å²) in [5.74, 6) is 1.82. The summed E-state index contributed by atoms with van der Waals surface area (Å²) in [7, 11) is 1.62. The van der Waals surface area contributed by atoms with E-state index in [1.807, 2.05) is 19.1 Å². The van der Waals surface area contributed by atoms with E-state index in [-0.39, 0.29) is 11.8 Å². The maximum absolute atomic E-state index is 11.6. The first kappa shape index (κ1) is 18.4. The third-order valence-corrected chi connectivity index (χ3v) is 3.90. The predicted octanol–water partition coefficient (Wildman–Crippen LogP) is 1.93. The normalized spacial score (nSPS) is 14.2. The lowest BCUT2D eigenvalue weighted by atomic mass is 10.2. The summed E-state index contributed by atoms with van der Waals surface area (Å²) in [4.78, 5) is 16.1. The first-order valence-electron chi connectivity index (χ1n) is 8.26. The van der Waals surface area contributed by atoms with Gasteiger partial charge in [0.15, 0.2) is 5.96 Å². The Morgan fingerprint density at radius 3 is 2.71 bits per heavy atom. The lowest BCUT2D eigenvalue weighted by Crippen LogP contribution is -2.41. The molecular formula is C17H25ClN4O2. The quantitative estimate of drug-likeness (QED) is 0.379. The van der Waals surface area contributed by atoms with Gasteiger partial charge in [-0.05, 0) is 31.9 Å². The number of benzene rings is 1. The molecular weight excluding hydrogens is 328 g/mol. The van der Waals surface area contributed by atoms with Crippen LogP contribution < -0.4 is 20.7 Å². The molecule has 0 aliphatic heterocycles. The number of amides is 1. The van der Waals surface area contributed by atoms with Crippen LogP contribution in [0.25, 0.3) is 0 Å². The Morgan fingerprint density at radius 2 is 2.04 bits per heavy atom. The standard InChI is InChI=1S/C17H25ClN4O2/c1-3-19-17(21-9-8-20-16(23)12-4-5-12)22-11-13-6-7-14(18)10-15(13)24-2/h6-7,10,12H,3-5,8-9,11H2,1-2H3,(H,20,23)(H2,19,21,22). The predicted molar refractivity (Wildman–Crippen MR) is 96.6 cm³/mol. The van der Waals surface area contributed by atoms with Gasteiger partial charge < -0.3 is 20.7 Å². The van der Waals surface area contributed by atoms with Gasteiger partial charge in [0.1, 0.15) is 5.75 Å². The van der Waals surface area contributed by atoms with Gasteiger partial charge in [0, 0.05) is 36.1 Å². The van der Waals surface area contributed by atoms with E-state index in [0.29, 0.717) is 30.6 Å². The molecule has 0 aromatic heterocycles. The molecule has 1 aliphatic carbocycles. The van der Waals surface area contributed by atoms with Gasteiger partial charge in [0.25, 0.3) is 0 Å². The Hall–Kier alpha value is -1.95. The number of carbonyl (C=O) groups is 1. The number of nitrogens with one attached hydrogen (secondary N) is 3. The molecule has 1 saturated carbocycles. The van der Waals surface area contributed by atoms with E-state index in [9.17, 15) is 4.79 Å². The van der Waals surface area contributed by atoms with Crippen LogP contribution in [0.5, 0.6) is 5.75 Å². The van der Waals surface area contributed by atoms with Crippen LogP contribution in [0.15, 0.2) is 23.2 Å². The molecule has 1 aromatic carbocycles. The van der Waals surface area contributed by atoms with E-state index in [1.54, 1.807) is 13.2 Å². The molecule has 0 spiro atoms. The smallest absolute Gasteiger partial charge is 0.223 e. The molecule has 7 heteroatoms. The molecule has 0 saturated heterocycles. The Morgan fingerprint density at radius 1 is 1.29 bits per heavy atom. The van der Waals surface area contributed by atoms with Gasteiger partial charge in [0.05, 0.1) is 13.7 Å². The van der Waals surface area contributed by atoms with Crippen molar-refractivity contribution in [1.82, 2.24) is 16.0 Å². The van der Waals surface area contributed by atoms with Gasteiger partial charge in [-0.1, -0.05) is 17.7 Å². The highest BCUT2D eigenvalue weighted by Crippen LogP contribution is 2.28. The van der Waals surface area contributed by atoms with Gasteiger partial charge in [-0.15, -0.1) is 0 Å². The van der Waals surface area contributed by atoms with Crippen molar-refractivity contribution < 1.29 is 9.53 Å². The molecule has 0 bridgehead atoms. The highest BCUT2D eigenvalue weighted by atomic mass is 35.5. The number of hydrogen-bond donors (Lipinski definition) is 3. The molecule has 1 aromatic rings. The molecule has 1 amide bonds. The van der Waals surface area contributed by atoms with Gasteiger partial charge in [0.2, 0.25) is 5.91 Å². The van der Waals surface area contributed by atoms with Crippen LogP contribution in [0, 0.1) is 5.92 Å². The maximum Gasteiger partial charge on any atom is 0.223 e. The van der Waals surface area contributed by atoms with Crippen molar-refractivity contribution in [2.75, 3.05) is 26.7 Å². The minimum absolute atomic E-state index is 0.157. The van der Waals surface area contributed by atoms with Crippen molar-refractivity contribution in [3.63, 3.8) is 0 Å². The molecule has 1 aliphatic rings. The van der Waals surface area contributed by atoms with E-state index < -0.39 is 0 Å². The molecule has 0 unspecified atom stereocenters. The van der Waals surface area contributed by atoms with Crippen LogP contribution in [0.4, 0.5) is 0 Å². The van der Waals surface area contributed by atoms with Crippen molar-refractivity contribution in [1.29, 1.82) is 0 Å². The van der Waals surface area contributed by atoms with Crippen LogP contribution >= 0.6 is 11.6 Å². The number of ether oxygens (including phenoxy) is 1. The molecule has 0 radical (unpaired) electrons. The molecule has 0 heterocycles. The van der Waals surface area contributed by atoms with Gasteiger partial charge >= 0.3 is 0 Å². The topological polar surface area (TPSA) is 74.8 Å². The molecule has 1 fully saturated rings. The SMILES string of the molecule is CCNC(=NCc1ccc(Cl)cc1OC)NCCNC(=O)C1CC1. The van der Waals surface area contributed by atoms with E-state index in [4.69, 9.17) is 16.3 Å². The lowest BCUT2D eigenvalue weighted by molar-refractivity contribution is -0.122. The summed E-state index contributed by atoms with van der Waals surface area (Å²) in [6.07, 6.45) is 2.04. The van der Waals surface area contributed by atoms with Crippen LogP contribution in [-0.4, -0.2) is 38.6 Å².